The van der Waals surface area contributed by atoms with Crippen molar-refractivity contribution in [2.45, 2.75) is 18.7 Å². The summed E-state index contributed by atoms with van der Waals surface area (Å²) in [6.45, 7) is 2.74. The molecule has 3 aromatic carbocycles. The van der Waals surface area contributed by atoms with Crippen LogP contribution in [0.5, 0.6) is 0 Å². The van der Waals surface area contributed by atoms with E-state index in [9.17, 15) is 13.2 Å². The lowest BCUT2D eigenvalue weighted by atomic mass is 10.0. The molecular weight excluding hydrogens is 428 g/mol. The molecule has 0 aliphatic heterocycles. The van der Waals surface area contributed by atoms with Crippen molar-refractivity contribution < 1.29 is 13.2 Å². The van der Waals surface area contributed by atoms with Crippen molar-refractivity contribution in [2.24, 2.45) is 0 Å². The normalized spacial score (nSPS) is 12.9. The molecule has 0 aliphatic carbocycles. The maximum absolute atomic E-state index is 12.7. The number of amides is 1. The second-order valence-corrected chi connectivity index (χ2v) is 10.4. The third kappa shape index (κ3) is 4.34. The zero-order chi connectivity index (χ0) is 22.2. The minimum atomic E-state index is -3.63. The Morgan fingerprint density at radius 1 is 1.03 bits per heavy atom. The van der Waals surface area contributed by atoms with Crippen LogP contribution in [0.15, 0.2) is 66.7 Å². The first-order chi connectivity index (χ1) is 14.8. The number of fused-ring (bicyclic) bond motifs is 3. The lowest BCUT2D eigenvalue weighted by Crippen LogP contribution is -2.32. The molecule has 4 rings (SSSR count). The second-order valence-electron chi connectivity index (χ2n) is 7.68. The monoisotopic (exact) mass is 452 g/mol. The maximum atomic E-state index is 12.7. The molecule has 7 heteroatoms. The Hall–Kier alpha value is -2.77. The average Bonchev–Trinajstić information content (AvgIpc) is 3.02. The summed E-state index contributed by atoms with van der Waals surface area (Å²) in [5.41, 5.74) is 5.19. The van der Waals surface area contributed by atoms with E-state index in [0.29, 0.717) is 6.54 Å². The summed E-state index contributed by atoms with van der Waals surface area (Å²) >= 11 is 1.32. The van der Waals surface area contributed by atoms with E-state index in [4.69, 9.17) is 0 Å². The van der Waals surface area contributed by atoms with E-state index in [0.717, 1.165) is 33.8 Å². The summed E-state index contributed by atoms with van der Waals surface area (Å²) in [5, 5.41) is 1.69. The van der Waals surface area contributed by atoms with Crippen molar-refractivity contribution in [2.75, 3.05) is 12.5 Å². The lowest BCUT2D eigenvalue weighted by molar-refractivity contribution is -0.118. The minimum Gasteiger partial charge on any atom is -0.336 e. The average molecular weight is 453 g/mol. The van der Waals surface area contributed by atoms with E-state index >= 15 is 0 Å². The Labute approximate surface area is 186 Å². The van der Waals surface area contributed by atoms with Gasteiger partial charge in [0.2, 0.25) is 10.0 Å². The summed E-state index contributed by atoms with van der Waals surface area (Å²) in [5.74, 6) is -0.528. The summed E-state index contributed by atoms with van der Waals surface area (Å²) in [4.78, 5) is 12.7. The second kappa shape index (κ2) is 8.40. The first kappa shape index (κ1) is 21.5. The fourth-order valence-electron chi connectivity index (χ4n) is 4.13. The fraction of sp³-hybridized carbons (Fsp3) is 0.208. The van der Waals surface area contributed by atoms with Gasteiger partial charge in [0.05, 0.1) is 11.8 Å². The lowest BCUT2D eigenvalue weighted by Gasteiger charge is -2.16. The third-order valence-electron chi connectivity index (χ3n) is 5.34. The molecule has 5 nitrogen and oxygen atoms in total. The van der Waals surface area contributed by atoms with Gasteiger partial charge in [-0.1, -0.05) is 54.6 Å². The molecule has 0 spiro atoms. The molecule has 0 saturated carbocycles. The van der Waals surface area contributed by atoms with Gasteiger partial charge in [-0.3, -0.25) is 9.52 Å². The predicted molar refractivity (Wildman–Crippen MR) is 129 cm³/mol. The zero-order valence-electron chi connectivity index (χ0n) is 17.6. The third-order valence-corrected chi connectivity index (χ3v) is 6.87. The van der Waals surface area contributed by atoms with Crippen molar-refractivity contribution in [3.05, 3.63) is 83.4 Å². The highest BCUT2D eigenvalue weighted by molar-refractivity contribution is 7.99. The van der Waals surface area contributed by atoms with Crippen LogP contribution < -0.4 is 4.72 Å². The number of para-hydroxylation sites is 1. The van der Waals surface area contributed by atoms with E-state index in [1.807, 2.05) is 55.6 Å². The molecule has 1 aromatic heterocycles. The van der Waals surface area contributed by atoms with Gasteiger partial charge in [0.15, 0.2) is 0 Å². The number of carbonyl (C=O) groups excluding carboxylic acids is 1. The maximum Gasteiger partial charge on any atom is 0.251 e. The molecule has 1 amide bonds. The molecular formula is C24H24N2O3S2. The molecule has 0 aliphatic rings. The number of sulfonamides is 1. The van der Waals surface area contributed by atoms with E-state index in [1.165, 1.54) is 22.7 Å². The minimum absolute atomic E-state index is 0.528. The largest absolute Gasteiger partial charge is 0.336 e. The Bertz CT molecular complexity index is 1380. The fourth-order valence-corrected chi connectivity index (χ4v) is 5.37. The number of hydrogen-bond acceptors (Lipinski definition) is 4. The molecule has 0 radical (unpaired) electrons. The van der Waals surface area contributed by atoms with Crippen molar-refractivity contribution >= 4 is 49.5 Å². The highest BCUT2D eigenvalue weighted by Gasteiger charge is 2.24. The van der Waals surface area contributed by atoms with E-state index in [2.05, 4.69) is 33.6 Å². The smallest absolute Gasteiger partial charge is 0.251 e. The van der Waals surface area contributed by atoms with Gasteiger partial charge in [-0.25, -0.2) is 8.42 Å². The van der Waals surface area contributed by atoms with Gasteiger partial charge in [-0.15, -0.1) is 11.8 Å². The standard InChI is InChI=1S/C24H24N2O3S2/c1-16-13-18(23(30-2)24(27)25-31(3,28)29)14-21-22(16)19-11-7-8-12-20(19)26(21)15-17-9-5-4-6-10-17/h4-14,23H,15H2,1-3H3,(H,25,27). The van der Waals surface area contributed by atoms with Crippen LogP contribution in [-0.4, -0.2) is 31.4 Å². The zero-order valence-corrected chi connectivity index (χ0v) is 19.3. The van der Waals surface area contributed by atoms with Crippen molar-refractivity contribution in [1.82, 2.24) is 9.29 Å². The number of hydrogen-bond donors (Lipinski definition) is 1. The van der Waals surface area contributed by atoms with Crippen LogP contribution in [0.2, 0.25) is 0 Å². The summed E-state index contributed by atoms with van der Waals surface area (Å²) in [6.07, 6.45) is 2.81. The molecule has 0 fully saturated rings. The van der Waals surface area contributed by atoms with Gasteiger partial charge in [-0.2, -0.15) is 0 Å². The topological polar surface area (TPSA) is 68.2 Å². The Kier molecular flexibility index (Phi) is 5.81. The quantitative estimate of drug-likeness (QED) is 0.463. The number of nitrogens with one attached hydrogen (secondary N) is 1. The van der Waals surface area contributed by atoms with Crippen molar-refractivity contribution in [3.63, 3.8) is 0 Å². The highest BCUT2D eigenvalue weighted by Crippen LogP contribution is 2.37. The molecule has 160 valence electrons. The van der Waals surface area contributed by atoms with Gasteiger partial charge >= 0.3 is 0 Å². The van der Waals surface area contributed by atoms with Crippen LogP contribution in [0, 0.1) is 6.92 Å². The molecule has 1 atom stereocenters. The van der Waals surface area contributed by atoms with Gasteiger partial charge in [0, 0.05) is 22.8 Å². The first-order valence-electron chi connectivity index (χ1n) is 9.88. The SMILES string of the molecule is CSC(C(=O)NS(C)(=O)=O)c1cc(C)c2c3ccccc3n(Cc3ccccc3)c2c1. The number of carbonyl (C=O) groups is 1. The number of aryl methyl sites for hydroxylation is 1. The van der Waals surface area contributed by atoms with E-state index < -0.39 is 21.2 Å². The number of nitrogens with zero attached hydrogens (tertiary/aromatic N) is 1. The van der Waals surface area contributed by atoms with Crippen LogP contribution in [-0.2, 0) is 21.4 Å². The molecule has 0 saturated heterocycles. The summed E-state index contributed by atoms with van der Waals surface area (Å²) < 4.78 is 27.6. The molecule has 31 heavy (non-hydrogen) atoms. The molecule has 1 N–H and O–H groups in total. The summed E-state index contributed by atoms with van der Waals surface area (Å²) in [7, 11) is -3.63. The molecule has 0 bridgehead atoms. The Morgan fingerprint density at radius 2 is 1.71 bits per heavy atom. The number of benzene rings is 3. The van der Waals surface area contributed by atoms with E-state index in [-0.39, 0.29) is 0 Å². The van der Waals surface area contributed by atoms with Crippen LogP contribution in [0.25, 0.3) is 21.8 Å². The highest BCUT2D eigenvalue weighted by atomic mass is 32.2. The Balaban J connectivity index is 1.92. The molecule has 1 unspecified atom stereocenters. The van der Waals surface area contributed by atoms with Crippen molar-refractivity contribution in [3.8, 4) is 0 Å². The van der Waals surface area contributed by atoms with Crippen LogP contribution in [0.4, 0.5) is 0 Å². The van der Waals surface area contributed by atoms with Crippen molar-refractivity contribution in [1.29, 1.82) is 0 Å². The van der Waals surface area contributed by atoms with E-state index in [1.54, 1.807) is 0 Å². The van der Waals surface area contributed by atoms with Crippen LogP contribution in [0.1, 0.15) is 21.9 Å². The number of thioether (sulfide) groups is 1. The first-order valence-corrected chi connectivity index (χ1v) is 13.1. The number of aromatic nitrogens is 1. The molecule has 1 heterocycles. The van der Waals surface area contributed by atoms with Gasteiger partial charge < -0.3 is 4.57 Å². The molecule has 4 aromatic rings. The summed E-state index contributed by atoms with van der Waals surface area (Å²) in [6, 6.07) is 22.6. The van der Waals surface area contributed by atoms with Gasteiger partial charge in [0.1, 0.15) is 5.25 Å². The van der Waals surface area contributed by atoms with Gasteiger partial charge in [0.25, 0.3) is 5.91 Å². The van der Waals surface area contributed by atoms with Gasteiger partial charge in [-0.05, 0) is 42.0 Å². The van der Waals surface area contributed by atoms with Crippen LogP contribution >= 0.6 is 11.8 Å². The van der Waals surface area contributed by atoms with Crippen LogP contribution in [0.3, 0.4) is 0 Å². The predicted octanol–water partition coefficient (Wildman–Crippen LogP) is 4.63. The Morgan fingerprint density at radius 3 is 2.39 bits per heavy atom. The number of rotatable bonds is 6.